The Morgan fingerprint density at radius 3 is 1.84 bits per heavy atom. The highest BCUT2D eigenvalue weighted by molar-refractivity contribution is 5.44. The average Bonchev–Trinajstić information content (AvgIpc) is 2.65. The van der Waals surface area contributed by atoms with Crippen LogP contribution in [0.1, 0.15) is 51.4 Å². The van der Waals surface area contributed by atoms with Crippen molar-refractivity contribution in [3.05, 3.63) is 30.3 Å². The molecule has 0 aliphatic heterocycles. The number of para-hydroxylation sites is 1. The molecule has 1 aromatic carbocycles. The predicted octanol–water partition coefficient (Wildman–Crippen LogP) is 3.38. The summed E-state index contributed by atoms with van der Waals surface area (Å²) in [6.45, 7) is 6.41. The molecular formula is C21H40N4. The minimum absolute atomic E-state index is 0.796. The second kappa shape index (κ2) is 16.4. The third kappa shape index (κ3) is 12.9. The Morgan fingerprint density at radius 1 is 0.720 bits per heavy atom. The number of unbranched alkanes of at least 4 members (excludes halogenated alkanes) is 5. The van der Waals surface area contributed by atoms with E-state index in [0.29, 0.717) is 0 Å². The summed E-state index contributed by atoms with van der Waals surface area (Å²) in [7, 11) is 2.17. The Bertz CT molecular complexity index is 383. The molecule has 1 rings (SSSR count). The van der Waals surface area contributed by atoms with Crippen LogP contribution in [0.2, 0.25) is 0 Å². The molecule has 0 amide bonds. The molecule has 144 valence electrons. The number of hydrogen-bond acceptors (Lipinski definition) is 4. The molecule has 0 aliphatic rings. The van der Waals surface area contributed by atoms with Crippen LogP contribution < -0.4 is 21.3 Å². The van der Waals surface area contributed by atoms with Crippen molar-refractivity contribution in [2.24, 2.45) is 5.73 Å². The van der Waals surface area contributed by atoms with Gasteiger partial charge in [0.1, 0.15) is 0 Å². The average molecular weight is 349 g/mol. The highest BCUT2D eigenvalue weighted by Crippen LogP contribution is 2.10. The van der Waals surface area contributed by atoms with Gasteiger partial charge in [-0.05, 0) is 70.5 Å². The molecule has 0 saturated heterocycles. The SMILES string of the molecule is CN(CCCNCCCCCCCCNCCCN)c1ccccc1. The lowest BCUT2D eigenvalue weighted by molar-refractivity contribution is 0.544. The number of hydrogen-bond donors (Lipinski definition) is 3. The molecule has 4 nitrogen and oxygen atoms in total. The van der Waals surface area contributed by atoms with Crippen molar-refractivity contribution in [2.75, 3.05) is 51.2 Å². The topological polar surface area (TPSA) is 53.3 Å². The van der Waals surface area contributed by atoms with Crippen molar-refractivity contribution < 1.29 is 0 Å². The van der Waals surface area contributed by atoms with Crippen LogP contribution in [0.3, 0.4) is 0 Å². The van der Waals surface area contributed by atoms with Crippen LogP contribution in [-0.2, 0) is 0 Å². The van der Waals surface area contributed by atoms with E-state index in [1.54, 1.807) is 0 Å². The van der Waals surface area contributed by atoms with Crippen molar-refractivity contribution in [3.63, 3.8) is 0 Å². The molecule has 4 N–H and O–H groups in total. The van der Waals surface area contributed by atoms with Crippen molar-refractivity contribution in [3.8, 4) is 0 Å². The second-order valence-corrected chi connectivity index (χ2v) is 6.87. The molecule has 0 fully saturated rings. The lowest BCUT2D eigenvalue weighted by Crippen LogP contribution is -2.24. The first-order chi connectivity index (χ1) is 12.3. The van der Waals surface area contributed by atoms with Crippen molar-refractivity contribution in [1.82, 2.24) is 10.6 Å². The van der Waals surface area contributed by atoms with E-state index in [9.17, 15) is 0 Å². The summed E-state index contributed by atoms with van der Waals surface area (Å²) in [4.78, 5) is 2.33. The van der Waals surface area contributed by atoms with Gasteiger partial charge >= 0.3 is 0 Å². The summed E-state index contributed by atoms with van der Waals surface area (Å²) >= 11 is 0. The van der Waals surface area contributed by atoms with Gasteiger partial charge in [0.05, 0.1) is 0 Å². The van der Waals surface area contributed by atoms with Gasteiger partial charge in [0.25, 0.3) is 0 Å². The van der Waals surface area contributed by atoms with E-state index in [1.165, 1.54) is 50.6 Å². The standard InChI is InChI=1S/C21H40N4/c1-25(21-13-7-6-8-14-21)20-12-19-24-17-10-5-3-2-4-9-16-23-18-11-15-22/h6-8,13-14,23-24H,2-5,9-12,15-20,22H2,1H3. The molecule has 0 saturated carbocycles. The number of benzene rings is 1. The maximum atomic E-state index is 5.47. The highest BCUT2D eigenvalue weighted by Gasteiger charge is 1.98. The number of nitrogens with two attached hydrogens (primary N) is 1. The zero-order chi connectivity index (χ0) is 18.0. The van der Waals surface area contributed by atoms with Gasteiger partial charge in [0, 0.05) is 19.3 Å². The lowest BCUT2D eigenvalue weighted by Gasteiger charge is -2.19. The normalized spacial score (nSPS) is 11.0. The largest absolute Gasteiger partial charge is 0.375 e. The summed E-state index contributed by atoms with van der Waals surface area (Å²) in [6, 6.07) is 10.6. The zero-order valence-electron chi connectivity index (χ0n) is 16.3. The zero-order valence-corrected chi connectivity index (χ0v) is 16.3. The summed E-state index contributed by atoms with van der Waals surface area (Å²) in [5.41, 5.74) is 6.77. The van der Waals surface area contributed by atoms with E-state index in [1.807, 2.05) is 0 Å². The first kappa shape index (κ1) is 21.9. The Hall–Kier alpha value is -1.10. The van der Waals surface area contributed by atoms with E-state index in [-0.39, 0.29) is 0 Å². The van der Waals surface area contributed by atoms with Crippen LogP contribution in [-0.4, -0.2) is 46.3 Å². The maximum Gasteiger partial charge on any atom is 0.0363 e. The van der Waals surface area contributed by atoms with Gasteiger partial charge in [-0.3, -0.25) is 0 Å². The number of rotatable bonds is 17. The number of anilines is 1. The van der Waals surface area contributed by atoms with E-state index in [2.05, 4.69) is 52.9 Å². The van der Waals surface area contributed by atoms with Gasteiger partial charge in [-0.25, -0.2) is 0 Å². The Morgan fingerprint density at radius 2 is 1.24 bits per heavy atom. The lowest BCUT2D eigenvalue weighted by atomic mass is 10.1. The van der Waals surface area contributed by atoms with Gasteiger partial charge in [-0.15, -0.1) is 0 Å². The molecule has 1 aromatic rings. The smallest absolute Gasteiger partial charge is 0.0363 e. The van der Waals surface area contributed by atoms with Crippen molar-refractivity contribution in [1.29, 1.82) is 0 Å². The van der Waals surface area contributed by atoms with Crippen LogP contribution in [0.15, 0.2) is 30.3 Å². The molecule has 0 spiro atoms. The molecule has 0 radical (unpaired) electrons. The van der Waals surface area contributed by atoms with Gasteiger partial charge in [-0.2, -0.15) is 0 Å². The van der Waals surface area contributed by atoms with Crippen LogP contribution >= 0.6 is 0 Å². The molecule has 25 heavy (non-hydrogen) atoms. The van der Waals surface area contributed by atoms with Gasteiger partial charge in [0.15, 0.2) is 0 Å². The van der Waals surface area contributed by atoms with E-state index in [0.717, 1.165) is 45.7 Å². The summed E-state index contributed by atoms with van der Waals surface area (Å²) in [5, 5.41) is 7.02. The quantitative estimate of drug-likeness (QED) is 0.378. The minimum Gasteiger partial charge on any atom is -0.375 e. The van der Waals surface area contributed by atoms with Crippen LogP contribution in [0.5, 0.6) is 0 Å². The first-order valence-corrected chi connectivity index (χ1v) is 10.2. The molecule has 0 atom stereocenters. The van der Waals surface area contributed by atoms with Crippen LogP contribution in [0.25, 0.3) is 0 Å². The van der Waals surface area contributed by atoms with Crippen LogP contribution in [0, 0.1) is 0 Å². The Balaban J connectivity index is 1.77. The monoisotopic (exact) mass is 348 g/mol. The minimum atomic E-state index is 0.796. The van der Waals surface area contributed by atoms with Crippen molar-refractivity contribution >= 4 is 5.69 Å². The maximum absolute atomic E-state index is 5.47. The first-order valence-electron chi connectivity index (χ1n) is 10.2. The Kier molecular flexibility index (Phi) is 14.4. The molecule has 0 unspecified atom stereocenters. The summed E-state index contributed by atoms with van der Waals surface area (Å²) in [6.07, 6.45) is 10.4. The van der Waals surface area contributed by atoms with Gasteiger partial charge in [0.2, 0.25) is 0 Å². The predicted molar refractivity (Wildman–Crippen MR) is 111 cm³/mol. The van der Waals surface area contributed by atoms with E-state index >= 15 is 0 Å². The van der Waals surface area contributed by atoms with E-state index in [4.69, 9.17) is 5.73 Å². The van der Waals surface area contributed by atoms with Gasteiger partial charge in [-0.1, -0.05) is 43.9 Å². The summed E-state index contributed by atoms with van der Waals surface area (Å²) in [5.74, 6) is 0. The Labute approximate surface area is 155 Å². The molecule has 0 heterocycles. The fourth-order valence-electron chi connectivity index (χ4n) is 2.94. The van der Waals surface area contributed by atoms with Crippen molar-refractivity contribution in [2.45, 2.75) is 51.4 Å². The second-order valence-electron chi connectivity index (χ2n) is 6.87. The molecule has 0 bridgehead atoms. The highest BCUT2D eigenvalue weighted by atomic mass is 15.1. The van der Waals surface area contributed by atoms with E-state index < -0.39 is 0 Å². The third-order valence-corrected chi connectivity index (χ3v) is 4.56. The van der Waals surface area contributed by atoms with Gasteiger partial charge < -0.3 is 21.3 Å². The fraction of sp³-hybridized carbons (Fsp3) is 0.714. The number of nitrogens with one attached hydrogen (secondary N) is 2. The fourth-order valence-corrected chi connectivity index (χ4v) is 2.94. The summed E-state index contributed by atoms with van der Waals surface area (Å²) < 4.78 is 0. The molecule has 4 heteroatoms. The molecule has 0 aliphatic carbocycles. The molecular weight excluding hydrogens is 308 g/mol. The number of nitrogens with zero attached hydrogens (tertiary/aromatic N) is 1. The van der Waals surface area contributed by atoms with Crippen LogP contribution in [0.4, 0.5) is 5.69 Å². The molecule has 0 aromatic heterocycles. The third-order valence-electron chi connectivity index (χ3n) is 4.56.